The summed E-state index contributed by atoms with van der Waals surface area (Å²) >= 11 is 6.12. The highest BCUT2D eigenvalue weighted by Gasteiger charge is 2.51. The Hall–Kier alpha value is -3.65. The number of cyclic esters (lactones) is 1. The van der Waals surface area contributed by atoms with E-state index in [1.807, 2.05) is 12.1 Å². The van der Waals surface area contributed by atoms with E-state index in [4.69, 9.17) is 22.1 Å². The minimum Gasteiger partial charge on any atom is -0.449 e. The Bertz CT molecular complexity index is 1220. The molecule has 0 saturated carbocycles. The van der Waals surface area contributed by atoms with Gasteiger partial charge in [-0.3, -0.25) is 14.5 Å². The molecule has 3 aliphatic heterocycles. The minimum atomic E-state index is -0.581. The Labute approximate surface area is 189 Å². The molecule has 3 aliphatic rings. The van der Waals surface area contributed by atoms with Crippen molar-refractivity contribution in [3.8, 4) is 0 Å². The van der Waals surface area contributed by atoms with Gasteiger partial charge in [-0.2, -0.15) is 0 Å². The molecule has 0 atom stereocenters. The number of hydrogen-bond donors (Lipinski definition) is 1. The summed E-state index contributed by atoms with van der Waals surface area (Å²) < 4.78 is 6.67. The molecule has 0 aliphatic carbocycles. The average Bonchev–Trinajstić information content (AvgIpc) is 2.75. The molecule has 2 aromatic carbocycles. The third kappa shape index (κ3) is 3.23. The molecule has 2 saturated heterocycles. The number of fused-ring (bicyclic) bond motifs is 1. The molecule has 0 unspecified atom stereocenters. The zero-order valence-corrected chi connectivity index (χ0v) is 17.8. The Morgan fingerprint density at radius 3 is 2.41 bits per heavy atom. The van der Waals surface area contributed by atoms with Crippen molar-refractivity contribution in [2.45, 2.75) is 12.8 Å². The maximum atomic E-state index is 13.4. The lowest BCUT2D eigenvalue weighted by Gasteiger charge is -2.32. The van der Waals surface area contributed by atoms with E-state index in [1.165, 1.54) is 0 Å². The van der Waals surface area contributed by atoms with Gasteiger partial charge in [0.1, 0.15) is 5.57 Å². The van der Waals surface area contributed by atoms with Crippen LogP contribution in [0.2, 0.25) is 5.02 Å². The van der Waals surface area contributed by atoms with Crippen LogP contribution in [0.15, 0.2) is 59.8 Å². The highest BCUT2D eigenvalue weighted by molar-refractivity contribution is 6.50. The highest BCUT2D eigenvalue weighted by atomic mass is 35.5. The van der Waals surface area contributed by atoms with E-state index in [1.54, 1.807) is 50.8 Å². The van der Waals surface area contributed by atoms with Gasteiger partial charge in [0.05, 0.1) is 6.61 Å². The third-order valence-corrected chi connectivity index (χ3v) is 6.03. The van der Waals surface area contributed by atoms with E-state index in [9.17, 15) is 14.4 Å². The third-order valence-electron chi connectivity index (χ3n) is 5.80. The second-order valence-corrected chi connectivity index (χ2v) is 8.13. The number of halogens is 1. The smallest absolute Gasteiger partial charge is 0.414 e. The first-order valence-corrected chi connectivity index (χ1v) is 10.7. The first-order chi connectivity index (χ1) is 15.5. The lowest BCUT2D eigenvalue weighted by Crippen LogP contribution is -2.52. The van der Waals surface area contributed by atoms with Gasteiger partial charge in [0.2, 0.25) is 5.69 Å². The molecular weight excluding hydrogens is 432 g/mol. The van der Waals surface area contributed by atoms with E-state index < -0.39 is 5.91 Å². The monoisotopic (exact) mass is 451 g/mol. The summed E-state index contributed by atoms with van der Waals surface area (Å²) in [7, 11) is 0. The summed E-state index contributed by atoms with van der Waals surface area (Å²) in [4.78, 5) is 40.7. The predicted molar refractivity (Wildman–Crippen MR) is 119 cm³/mol. The number of ether oxygens (including phenoxy) is 1. The van der Waals surface area contributed by atoms with Crippen molar-refractivity contribution in [3.63, 3.8) is 0 Å². The van der Waals surface area contributed by atoms with E-state index >= 15 is 0 Å². The van der Waals surface area contributed by atoms with Crippen molar-refractivity contribution in [2.75, 3.05) is 29.5 Å². The first kappa shape index (κ1) is 20.3. The lowest BCUT2D eigenvalue weighted by atomic mass is 9.90. The van der Waals surface area contributed by atoms with Crippen LogP contribution in [0.25, 0.3) is 0 Å². The molecule has 0 radical (unpaired) electrons. The van der Waals surface area contributed by atoms with Crippen LogP contribution < -0.4 is 15.5 Å². The van der Waals surface area contributed by atoms with Crippen molar-refractivity contribution >= 4 is 52.3 Å². The van der Waals surface area contributed by atoms with Crippen LogP contribution in [0.3, 0.4) is 0 Å². The molecule has 8 nitrogen and oxygen atoms in total. The van der Waals surface area contributed by atoms with Crippen LogP contribution in [0.4, 0.5) is 21.9 Å². The van der Waals surface area contributed by atoms with Crippen molar-refractivity contribution in [1.82, 2.24) is 0 Å². The number of nitrogens with two attached hydrogens (primary N) is 1. The Kier molecular flexibility index (Phi) is 4.94. The molecule has 2 N–H and O–H groups in total. The fraction of sp³-hybridized carbons (Fsp3) is 0.217. The van der Waals surface area contributed by atoms with Crippen molar-refractivity contribution < 1.29 is 23.7 Å². The highest BCUT2D eigenvalue weighted by Crippen LogP contribution is 2.36. The molecular formula is C23H20ClN4O4+. The van der Waals surface area contributed by atoms with Gasteiger partial charge in [-0.15, -0.1) is 4.58 Å². The second kappa shape index (κ2) is 7.80. The lowest BCUT2D eigenvalue weighted by molar-refractivity contribution is -0.392. The van der Waals surface area contributed by atoms with Crippen LogP contribution >= 0.6 is 11.6 Å². The van der Waals surface area contributed by atoms with Crippen LogP contribution in [0, 0.1) is 0 Å². The molecule has 2 aromatic rings. The minimum absolute atomic E-state index is 0.221. The number of piperidine rings is 1. The number of hydrogen-bond acceptors (Lipinski definition) is 4. The summed E-state index contributed by atoms with van der Waals surface area (Å²) in [5, 5.41) is 0.493. The number of carbonyl (C=O) groups excluding carboxylic acids is 3. The largest absolute Gasteiger partial charge is 0.449 e. The average molecular weight is 452 g/mol. The predicted octanol–water partition coefficient (Wildman–Crippen LogP) is 2.96. The molecule has 5 rings (SSSR count). The van der Waals surface area contributed by atoms with Crippen LogP contribution in [0.1, 0.15) is 12.8 Å². The van der Waals surface area contributed by atoms with Crippen LogP contribution in [-0.4, -0.2) is 47.9 Å². The van der Waals surface area contributed by atoms with Crippen molar-refractivity contribution in [1.29, 1.82) is 0 Å². The second-order valence-electron chi connectivity index (χ2n) is 7.70. The maximum Gasteiger partial charge on any atom is 0.414 e. The fourth-order valence-electron chi connectivity index (χ4n) is 4.33. The number of primary amides is 1. The zero-order chi connectivity index (χ0) is 22.4. The van der Waals surface area contributed by atoms with E-state index in [-0.39, 0.29) is 12.0 Å². The Morgan fingerprint density at radius 2 is 1.75 bits per heavy atom. The quantitative estimate of drug-likeness (QED) is 0.723. The Morgan fingerprint density at radius 1 is 1.03 bits per heavy atom. The van der Waals surface area contributed by atoms with Crippen molar-refractivity contribution in [2.24, 2.45) is 5.73 Å². The van der Waals surface area contributed by atoms with Gasteiger partial charge in [-0.1, -0.05) is 17.7 Å². The van der Waals surface area contributed by atoms with Crippen LogP contribution in [-0.2, 0) is 14.3 Å². The molecule has 162 valence electrons. The Balaban J connectivity index is 1.46. The van der Waals surface area contributed by atoms with Crippen LogP contribution in [0.5, 0.6) is 0 Å². The SMILES string of the molecule is NC(=O)C1=C2CCN(c3ccc(N4CCCOC4=O)cc3)C(=O)C2=[N+]1c1cccc(Cl)c1. The first-order valence-electron chi connectivity index (χ1n) is 10.3. The number of carbonyl (C=O) groups is 3. The van der Waals surface area contributed by atoms with E-state index in [0.29, 0.717) is 59.5 Å². The van der Waals surface area contributed by atoms with Gasteiger partial charge in [-0.05, 0) is 36.8 Å². The molecule has 0 bridgehead atoms. The summed E-state index contributed by atoms with van der Waals surface area (Å²) in [6, 6.07) is 14.2. The fourth-order valence-corrected chi connectivity index (χ4v) is 4.52. The summed E-state index contributed by atoms with van der Waals surface area (Å²) in [5.74, 6) is -0.802. The topological polar surface area (TPSA) is 96.0 Å². The number of benzene rings is 2. The number of amides is 3. The van der Waals surface area contributed by atoms with Crippen molar-refractivity contribution in [3.05, 3.63) is 64.8 Å². The molecule has 32 heavy (non-hydrogen) atoms. The standard InChI is InChI=1S/C23H19ClN4O4/c24-14-3-1-4-17(13-14)28-19(21(25)29)18-9-11-26(22(30)20(18)28)15-5-7-16(8-6-15)27-10-2-12-32-23(27)31/h1,3-8,13H,2,9-12H2,(H-,25,29)/p+1. The van der Waals surface area contributed by atoms with E-state index in [2.05, 4.69) is 0 Å². The summed E-state index contributed by atoms with van der Waals surface area (Å²) in [6.45, 7) is 1.45. The van der Waals surface area contributed by atoms with E-state index in [0.717, 1.165) is 12.1 Å². The molecule has 3 heterocycles. The van der Waals surface area contributed by atoms with Gasteiger partial charge in [0, 0.05) is 48.0 Å². The number of anilines is 2. The summed E-state index contributed by atoms with van der Waals surface area (Å²) in [5.41, 5.74) is 9.07. The van der Waals surface area contributed by atoms with Gasteiger partial charge < -0.3 is 15.4 Å². The van der Waals surface area contributed by atoms with Gasteiger partial charge >= 0.3 is 17.9 Å². The molecule has 3 amide bonds. The van der Waals surface area contributed by atoms with Gasteiger partial charge in [-0.25, -0.2) is 4.79 Å². The molecule has 2 fully saturated rings. The molecule has 9 heteroatoms. The normalized spacial score (nSPS) is 18.4. The number of nitrogens with zero attached hydrogens (tertiary/aromatic N) is 3. The molecule has 0 aromatic heterocycles. The number of rotatable bonds is 4. The summed E-state index contributed by atoms with van der Waals surface area (Å²) in [6.07, 6.45) is 0.915. The van der Waals surface area contributed by atoms with Gasteiger partial charge in [0.15, 0.2) is 0 Å². The molecule has 0 spiro atoms. The zero-order valence-electron chi connectivity index (χ0n) is 17.1. The van der Waals surface area contributed by atoms with Gasteiger partial charge in [0.25, 0.3) is 11.4 Å². The maximum absolute atomic E-state index is 13.4.